The van der Waals surface area contributed by atoms with E-state index < -0.39 is 10.9 Å². The molecule has 27 heavy (non-hydrogen) atoms. The Balaban J connectivity index is 1.63. The van der Waals surface area contributed by atoms with E-state index in [1.807, 2.05) is 19.1 Å². The summed E-state index contributed by atoms with van der Waals surface area (Å²) in [5.74, 6) is 0.0235. The van der Waals surface area contributed by atoms with Crippen LogP contribution in [0, 0.1) is 17.0 Å². The number of aliphatic imine (C=N–C) groups is 1. The van der Waals surface area contributed by atoms with E-state index in [1.165, 1.54) is 12.1 Å². The first kappa shape index (κ1) is 18.0. The van der Waals surface area contributed by atoms with Crippen LogP contribution in [0.5, 0.6) is 5.75 Å². The highest BCUT2D eigenvalue weighted by molar-refractivity contribution is 5.91. The maximum absolute atomic E-state index is 12.1. The number of aryl methyl sites for hydroxylation is 1. The molecule has 0 unspecified atom stereocenters. The Hall–Kier alpha value is -3.80. The summed E-state index contributed by atoms with van der Waals surface area (Å²) in [5.41, 5.74) is 3.00. The minimum Gasteiger partial charge on any atom is -0.423 e. The Kier molecular flexibility index (Phi) is 5.37. The highest BCUT2D eigenvalue weighted by Gasteiger charge is 2.08. The van der Waals surface area contributed by atoms with Crippen LogP contribution in [-0.2, 0) is 0 Å². The van der Waals surface area contributed by atoms with Gasteiger partial charge in [-0.3, -0.25) is 15.1 Å². The number of nitro benzene ring substituents is 1. The standard InChI is InChI=1S/C21H16N2O4/c1-15-2-6-17(7-3-15)21(24)27-20-12-4-16(5-13-20)14-22-18-8-10-19(11-9-18)23(25)26/h2-14H,1H3. The Labute approximate surface area is 155 Å². The van der Waals surface area contributed by atoms with Crippen LogP contribution >= 0.6 is 0 Å². The van der Waals surface area contributed by atoms with Gasteiger partial charge in [-0.05, 0) is 61.0 Å². The number of non-ortho nitro benzene ring substituents is 1. The van der Waals surface area contributed by atoms with Gasteiger partial charge in [0.05, 0.1) is 16.2 Å². The van der Waals surface area contributed by atoms with Gasteiger partial charge in [0.2, 0.25) is 0 Å². The van der Waals surface area contributed by atoms with Crippen molar-refractivity contribution in [1.82, 2.24) is 0 Å². The summed E-state index contributed by atoms with van der Waals surface area (Å²) in [6.07, 6.45) is 1.63. The maximum Gasteiger partial charge on any atom is 0.343 e. The normalized spacial score (nSPS) is 10.7. The van der Waals surface area contributed by atoms with Crippen LogP contribution in [0.15, 0.2) is 77.8 Å². The maximum atomic E-state index is 12.1. The molecule has 6 nitrogen and oxygen atoms in total. The highest BCUT2D eigenvalue weighted by Crippen LogP contribution is 2.18. The van der Waals surface area contributed by atoms with Gasteiger partial charge in [0.15, 0.2) is 0 Å². The molecule has 6 heteroatoms. The smallest absolute Gasteiger partial charge is 0.343 e. The summed E-state index contributed by atoms with van der Waals surface area (Å²) >= 11 is 0. The second kappa shape index (κ2) is 8.05. The average Bonchev–Trinajstić information content (AvgIpc) is 2.68. The molecule has 0 bridgehead atoms. The number of benzene rings is 3. The molecule has 0 N–H and O–H groups in total. The monoisotopic (exact) mass is 360 g/mol. The van der Waals surface area contributed by atoms with Crippen molar-refractivity contribution in [2.24, 2.45) is 4.99 Å². The van der Waals surface area contributed by atoms with Gasteiger partial charge < -0.3 is 4.74 Å². The fraction of sp³-hybridized carbons (Fsp3) is 0.0476. The lowest BCUT2D eigenvalue weighted by Gasteiger charge is -2.05. The molecule has 3 rings (SSSR count). The van der Waals surface area contributed by atoms with Crippen molar-refractivity contribution in [3.8, 4) is 5.75 Å². The summed E-state index contributed by atoms with van der Waals surface area (Å²) in [5, 5.41) is 10.6. The second-order valence-electron chi connectivity index (χ2n) is 5.86. The van der Waals surface area contributed by atoms with Crippen molar-refractivity contribution >= 4 is 23.6 Å². The number of carbonyl (C=O) groups is 1. The summed E-state index contributed by atoms with van der Waals surface area (Å²) in [7, 11) is 0. The van der Waals surface area contributed by atoms with Crippen molar-refractivity contribution in [1.29, 1.82) is 0 Å². The summed E-state index contributed by atoms with van der Waals surface area (Å²) in [6.45, 7) is 1.95. The van der Waals surface area contributed by atoms with Crippen molar-refractivity contribution in [3.63, 3.8) is 0 Å². The molecule has 3 aromatic rings. The molecule has 0 aliphatic heterocycles. The van der Waals surface area contributed by atoms with Crippen LogP contribution in [0.1, 0.15) is 21.5 Å². The van der Waals surface area contributed by atoms with Crippen LogP contribution < -0.4 is 4.74 Å². The molecule has 0 atom stereocenters. The number of nitro groups is 1. The molecule has 0 fully saturated rings. The topological polar surface area (TPSA) is 81.8 Å². The number of esters is 1. The van der Waals surface area contributed by atoms with Gasteiger partial charge in [0.25, 0.3) is 5.69 Å². The predicted octanol–water partition coefficient (Wildman–Crippen LogP) is 4.87. The fourth-order valence-corrected chi connectivity index (χ4v) is 2.29. The van der Waals surface area contributed by atoms with Gasteiger partial charge in [-0.25, -0.2) is 4.79 Å². The third-order valence-electron chi connectivity index (χ3n) is 3.80. The van der Waals surface area contributed by atoms with Crippen LogP contribution in [-0.4, -0.2) is 17.1 Å². The zero-order valence-corrected chi connectivity index (χ0v) is 14.5. The first-order valence-corrected chi connectivity index (χ1v) is 8.19. The van der Waals surface area contributed by atoms with E-state index in [-0.39, 0.29) is 5.69 Å². The Morgan fingerprint density at radius 3 is 2.19 bits per heavy atom. The van der Waals surface area contributed by atoms with Gasteiger partial charge in [0.1, 0.15) is 5.75 Å². The van der Waals surface area contributed by atoms with Crippen LogP contribution in [0.3, 0.4) is 0 Å². The largest absolute Gasteiger partial charge is 0.423 e. The number of nitrogens with zero attached hydrogens (tertiary/aromatic N) is 2. The van der Waals surface area contributed by atoms with E-state index in [1.54, 1.807) is 54.7 Å². The van der Waals surface area contributed by atoms with E-state index in [2.05, 4.69) is 4.99 Å². The second-order valence-corrected chi connectivity index (χ2v) is 5.86. The van der Waals surface area contributed by atoms with Crippen molar-refractivity contribution in [2.75, 3.05) is 0 Å². The van der Waals surface area contributed by atoms with Gasteiger partial charge in [-0.15, -0.1) is 0 Å². The number of carbonyl (C=O) groups excluding carboxylic acids is 1. The molecular formula is C21H16N2O4. The van der Waals surface area contributed by atoms with E-state index in [4.69, 9.17) is 4.74 Å². The first-order chi connectivity index (χ1) is 13.0. The lowest BCUT2D eigenvalue weighted by molar-refractivity contribution is -0.384. The zero-order valence-electron chi connectivity index (χ0n) is 14.5. The number of hydrogen-bond acceptors (Lipinski definition) is 5. The average molecular weight is 360 g/mol. The van der Waals surface area contributed by atoms with Crippen molar-refractivity contribution in [2.45, 2.75) is 6.92 Å². The van der Waals surface area contributed by atoms with E-state index in [9.17, 15) is 14.9 Å². The zero-order chi connectivity index (χ0) is 19.2. The third kappa shape index (κ3) is 4.85. The predicted molar refractivity (Wildman–Crippen MR) is 103 cm³/mol. The molecule has 134 valence electrons. The Morgan fingerprint density at radius 2 is 1.59 bits per heavy atom. The quantitative estimate of drug-likeness (QED) is 0.214. The fourth-order valence-electron chi connectivity index (χ4n) is 2.29. The van der Waals surface area contributed by atoms with E-state index in [0.29, 0.717) is 17.0 Å². The molecule has 0 aromatic heterocycles. The molecular weight excluding hydrogens is 344 g/mol. The minimum atomic E-state index is -0.454. The summed E-state index contributed by atoms with van der Waals surface area (Å²) in [4.78, 5) is 26.6. The number of hydrogen-bond donors (Lipinski definition) is 0. The summed E-state index contributed by atoms with van der Waals surface area (Å²) in [6, 6.07) is 20.0. The summed E-state index contributed by atoms with van der Waals surface area (Å²) < 4.78 is 5.35. The molecule has 0 saturated carbocycles. The molecule has 0 heterocycles. The molecule has 3 aromatic carbocycles. The van der Waals surface area contributed by atoms with E-state index in [0.717, 1.165) is 11.1 Å². The number of rotatable bonds is 5. The third-order valence-corrected chi connectivity index (χ3v) is 3.80. The number of ether oxygens (including phenoxy) is 1. The lowest BCUT2D eigenvalue weighted by Crippen LogP contribution is -2.08. The van der Waals surface area contributed by atoms with Crippen LogP contribution in [0.25, 0.3) is 0 Å². The first-order valence-electron chi connectivity index (χ1n) is 8.19. The van der Waals surface area contributed by atoms with Gasteiger partial charge in [-0.2, -0.15) is 0 Å². The van der Waals surface area contributed by atoms with Crippen LogP contribution in [0.4, 0.5) is 11.4 Å². The van der Waals surface area contributed by atoms with Crippen molar-refractivity contribution in [3.05, 3.63) is 99.6 Å². The van der Waals surface area contributed by atoms with Gasteiger partial charge in [-0.1, -0.05) is 17.7 Å². The van der Waals surface area contributed by atoms with Crippen molar-refractivity contribution < 1.29 is 14.5 Å². The van der Waals surface area contributed by atoms with Crippen LogP contribution in [0.2, 0.25) is 0 Å². The minimum absolute atomic E-state index is 0.0219. The Morgan fingerprint density at radius 1 is 0.963 bits per heavy atom. The molecule has 0 aliphatic carbocycles. The molecule has 0 aliphatic rings. The molecule has 0 saturated heterocycles. The SMILES string of the molecule is Cc1ccc(C(=O)Oc2ccc(C=Nc3ccc([N+](=O)[O-])cc3)cc2)cc1. The van der Waals surface area contributed by atoms with E-state index >= 15 is 0 Å². The lowest BCUT2D eigenvalue weighted by atomic mass is 10.1. The Bertz CT molecular complexity index is 976. The molecule has 0 spiro atoms. The molecule has 0 amide bonds. The van der Waals surface area contributed by atoms with Gasteiger partial charge >= 0.3 is 5.97 Å². The van der Waals surface area contributed by atoms with Gasteiger partial charge in [0, 0.05) is 18.3 Å². The molecule has 0 radical (unpaired) electrons. The highest BCUT2D eigenvalue weighted by atomic mass is 16.6.